The van der Waals surface area contributed by atoms with Crippen LogP contribution in [0.15, 0.2) is 60.7 Å². The molecular formula is C41H45F3N2O4. The van der Waals surface area contributed by atoms with Crippen LogP contribution in [0.2, 0.25) is 0 Å². The lowest BCUT2D eigenvalue weighted by Gasteiger charge is -2.35. The molecule has 2 fully saturated rings. The number of amides is 1. The van der Waals surface area contributed by atoms with Crippen molar-refractivity contribution in [2.75, 3.05) is 14.2 Å². The molecule has 0 radical (unpaired) electrons. The Bertz CT molecular complexity index is 1840. The van der Waals surface area contributed by atoms with Crippen LogP contribution in [-0.2, 0) is 22.4 Å². The van der Waals surface area contributed by atoms with Gasteiger partial charge >= 0.3 is 5.97 Å². The minimum atomic E-state index is -2.75. The molecule has 2 aliphatic carbocycles. The van der Waals surface area contributed by atoms with E-state index in [1.54, 1.807) is 20.1 Å². The summed E-state index contributed by atoms with van der Waals surface area (Å²) in [6, 6.07) is 17.3. The minimum absolute atomic E-state index is 0.0847. The maximum Gasteiger partial charge on any atom is 0.328 e. The maximum absolute atomic E-state index is 15.3. The molecule has 6 nitrogen and oxygen atoms in total. The number of methoxy groups -OCH3 is 2. The highest BCUT2D eigenvalue weighted by molar-refractivity contribution is 6.00. The second-order valence-electron chi connectivity index (χ2n) is 14.0. The summed E-state index contributed by atoms with van der Waals surface area (Å²) < 4.78 is 53.1. The highest BCUT2D eigenvalue weighted by atomic mass is 19.3. The predicted molar refractivity (Wildman–Crippen MR) is 188 cm³/mol. The minimum Gasteiger partial charge on any atom is -0.494 e. The summed E-state index contributed by atoms with van der Waals surface area (Å²) in [4.78, 5) is 31.6. The topological polar surface area (TPSA) is 77.5 Å². The van der Waals surface area contributed by atoms with Gasteiger partial charge in [-0.15, -0.1) is 0 Å². The lowest BCUT2D eigenvalue weighted by Crippen LogP contribution is -2.43. The van der Waals surface area contributed by atoms with Crippen LogP contribution in [0.5, 0.6) is 5.75 Å². The Morgan fingerprint density at radius 2 is 1.64 bits per heavy atom. The Labute approximate surface area is 291 Å². The number of nitrogens with zero attached hydrogens (tertiary/aromatic N) is 1. The van der Waals surface area contributed by atoms with Gasteiger partial charge < -0.3 is 14.8 Å². The number of nitrogens with one attached hydrogen (secondary N) is 1. The fraction of sp³-hybridized carbons (Fsp3) is 0.439. The number of carbonyl (C=O) groups is 2. The zero-order valence-electron chi connectivity index (χ0n) is 29.0. The number of fused-ring (bicyclic) bond motifs is 1. The first kappa shape index (κ1) is 35.4. The van der Waals surface area contributed by atoms with Crippen molar-refractivity contribution in [2.24, 2.45) is 5.92 Å². The van der Waals surface area contributed by atoms with Gasteiger partial charge in [-0.05, 0) is 70.8 Å². The van der Waals surface area contributed by atoms with Crippen molar-refractivity contribution in [3.8, 4) is 17.0 Å². The lowest BCUT2D eigenvalue weighted by molar-refractivity contribution is -0.142. The average molecular weight is 687 g/mol. The van der Waals surface area contributed by atoms with E-state index < -0.39 is 35.6 Å². The molecule has 0 saturated heterocycles. The van der Waals surface area contributed by atoms with Gasteiger partial charge in [0.05, 0.1) is 19.8 Å². The molecule has 1 N–H and O–H groups in total. The first-order chi connectivity index (χ1) is 24.1. The number of rotatable bonds is 10. The fourth-order valence-corrected chi connectivity index (χ4v) is 7.73. The van der Waals surface area contributed by atoms with Crippen LogP contribution in [-0.4, -0.2) is 43.0 Å². The third-order valence-electron chi connectivity index (χ3n) is 10.4. The third-order valence-corrected chi connectivity index (χ3v) is 10.4. The molecule has 1 aromatic heterocycles. The van der Waals surface area contributed by atoms with Crippen molar-refractivity contribution >= 4 is 22.6 Å². The number of pyridine rings is 1. The number of alkyl halides is 2. The maximum atomic E-state index is 15.3. The SMILES string of the molecule is COC(=O)[C@H](Cc1cccc2c(-c3nc(CC4CCCCCCC4)ccc3OC)cccc12)NC(=O)c1c(C)cc(C2CC(F)(F)C2)cc1F. The van der Waals surface area contributed by atoms with Crippen molar-refractivity contribution < 1.29 is 32.2 Å². The number of ether oxygens (including phenoxy) is 2. The number of hydrogen-bond donors (Lipinski definition) is 1. The van der Waals surface area contributed by atoms with Gasteiger partial charge in [0.15, 0.2) is 0 Å². The summed E-state index contributed by atoms with van der Waals surface area (Å²) in [5.74, 6) is -4.21. The van der Waals surface area contributed by atoms with E-state index >= 15 is 4.39 Å². The summed E-state index contributed by atoms with van der Waals surface area (Å²) in [5, 5.41) is 4.46. The van der Waals surface area contributed by atoms with Gasteiger partial charge in [0.2, 0.25) is 5.92 Å². The summed E-state index contributed by atoms with van der Waals surface area (Å²) in [7, 11) is 2.87. The van der Waals surface area contributed by atoms with E-state index in [-0.39, 0.29) is 24.8 Å². The van der Waals surface area contributed by atoms with Gasteiger partial charge in [-0.25, -0.2) is 22.9 Å². The van der Waals surface area contributed by atoms with Crippen LogP contribution in [0.3, 0.4) is 0 Å². The lowest BCUT2D eigenvalue weighted by atomic mass is 9.76. The van der Waals surface area contributed by atoms with E-state index in [4.69, 9.17) is 14.5 Å². The molecule has 50 heavy (non-hydrogen) atoms. The third kappa shape index (κ3) is 7.82. The second-order valence-corrected chi connectivity index (χ2v) is 14.0. The van der Waals surface area contributed by atoms with E-state index in [2.05, 4.69) is 11.4 Å². The smallest absolute Gasteiger partial charge is 0.328 e. The quantitative estimate of drug-likeness (QED) is 0.168. The van der Waals surface area contributed by atoms with E-state index in [1.807, 2.05) is 42.5 Å². The zero-order chi connectivity index (χ0) is 35.4. The molecule has 4 aromatic rings. The monoisotopic (exact) mass is 686 g/mol. The van der Waals surface area contributed by atoms with Crippen LogP contribution < -0.4 is 10.1 Å². The summed E-state index contributed by atoms with van der Waals surface area (Å²) in [6.45, 7) is 1.56. The van der Waals surface area contributed by atoms with Gasteiger partial charge in [0, 0.05) is 30.5 Å². The molecule has 0 spiro atoms. The summed E-state index contributed by atoms with van der Waals surface area (Å²) >= 11 is 0. The van der Waals surface area contributed by atoms with E-state index in [1.165, 1.54) is 52.1 Å². The molecule has 1 amide bonds. The number of halogens is 3. The Kier molecular flexibility index (Phi) is 10.8. The largest absolute Gasteiger partial charge is 0.494 e. The fourth-order valence-electron chi connectivity index (χ4n) is 7.73. The van der Waals surface area contributed by atoms with Crippen molar-refractivity contribution in [1.82, 2.24) is 10.3 Å². The number of esters is 1. The van der Waals surface area contributed by atoms with Crippen LogP contribution in [0.25, 0.3) is 22.0 Å². The molecule has 1 atom stereocenters. The second kappa shape index (κ2) is 15.2. The van der Waals surface area contributed by atoms with Crippen LogP contribution in [0.1, 0.15) is 96.4 Å². The molecule has 0 bridgehead atoms. The standard InChI is InChI=1S/C41H45F3N2O4/c1-25-19-28(29-23-41(43,44)24-29)21-34(42)37(25)39(47)46-35(40(48)50-3)22-27-13-9-15-32-31(27)14-10-16-33(32)38-36(49-2)18-17-30(45-38)20-26-11-7-5-4-6-8-12-26/h9-10,13-19,21,26,29,35H,4-8,11-12,20,22-24H2,1-3H3,(H,46,47)/t35-/m0/s1. The molecule has 2 saturated carbocycles. The number of aryl methyl sites for hydroxylation is 1. The Hall–Kier alpha value is -4.40. The molecule has 9 heteroatoms. The van der Waals surface area contributed by atoms with E-state index in [0.717, 1.165) is 45.8 Å². The van der Waals surface area contributed by atoms with Crippen LogP contribution >= 0.6 is 0 Å². The summed E-state index contributed by atoms with van der Waals surface area (Å²) in [6.07, 6.45) is 9.21. The average Bonchev–Trinajstić information content (AvgIpc) is 3.07. The van der Waals surface area contributed by atoms with Crippen LogP contribution in [0.4, 0.5) is 13.2 Å². The Morgan fingerprint density at radius 1 is 0.940 bits per heavy atom. The van der Waals surface area contributed by atoms with Crippen molar-refractivity contribution in [2.45, 2.75) is 95.4 Å². The molecule has 0 unspecified atom stereocenters. The highest BCUT2D eigenvalue weighted by Gasteiger charge is 2.46. The van der Waals surface area contributed by atoms with Gasteiger partial charge in [0.1, 0.15) is 23.3 Å². The molecule has 1 heterocycles. The van der Waals surface area contributed by atoms with E-state index in [0.29, 0.717) is 22.8 Å². The van der Waals surface area contributed by atoms with Gasteiger partial charge in [-0.2, -0.15) is 0 Å². The van der Waals surface area contributed by atoms with Gasteiger partial charge in [-0.3, -0.25) is 4.79 Å². The molecule has 2 aliphatic rings. The van der Waals surface area contributed by atoms with Crippen LogP contribution in [0, 0.1) is 18.7 Å². The number of benzene rings is 3. The Morgan fingerprint density at radius 3 is 2.32 bits per heavy atom. The Balaban J connectivity index is 1.27. The van der Waals surface area contributed by atoms with Crippen molar-refractivity contribution in [1.29, 1.82) is 0 Å². The highest BCUT2D eigenvalue weighted by Crippen LogP contribution is 2.48. The molecule has 6 rings (SSSR count). The number of aromatic nitrogens is 1. The van der Waals surface area contributed by atoms with Gasteiger partial charge in [-0.1, -0.05) is 87.4 Å². The molecule has 3 aromatic carbocycles. The zero-order valence-corrected chi connectivity index (χ0v) is 29.0. The first-order valence-electron chi connectivity index (χ1n) is 17.7. The van der Waals surface area contributed by atoms with Crippen molar-refractivity contribution in [3.63, 3.8) is 0 Å². The molecule has 0 aliphatic heterocycles. The summed E-state index contributed by atoms with van der Waals surface area (Å²) in [5.41, 5.74) is 3.97. The number of hydrogen-bond acceptors (Lipinski definition) is 5. The molecule has 264 valence electrons. The molecular weight excluding hydrogens is 641 g/mol. The van der Waals surface area contributed by atoms with Crippen molar-refractivity contribution in [3.05, 3.63) is 94.4 Å². The van der Waals surface area contributed by atoms with Gasteiger partial charge in [0.25, 0.3) is 5.91 Å². The normalized spacial score (nSPS) is 17.3. The number of carbonyl (C=O) groups excluding carboxylic acids is 2. The predicted octanol–water partition coefficient (Wildman–Crippen LogP) is 9.29. The first-order valence-corrected chi connectivity index (χ1v) is 17.7. The van der Waals surface area contributed by atoms with E-state index in [9.17, 15) is 18.4 Å².